The Morgan fingerprint density at radius 1 is 1.05 bits per heavy atom. The molecule has 2 N–H and O–H groups in total. The van der Waals surface area contributed by atoms with Crippen molar-refractivity contribution in [3.8, 4) is 0 Å². The van der Waals surface area contributed by atoms with E-state index in [-0.39, 0.29) is 12.5 Å². The van der Waals surface area contributed by atoms with Gasteiger partial charge in [0.1, 0.15) is 6.61 Å². The van der Waals surface area contributed by atoms with E-state index in [2.05, 4.69) is 22.8 Å². The van der Waals surface area contributed by atoms with Gasteiger partial charge < -0.3 is 15.4 Å². The highest BCUT2D eigenvalue weighted by molar-refractivity contribution is 5.92. The van der Waals surface area contributed by atoms with Crippen molar-refractivity contribution in [3.05, 3.63) is 60.2 Å². The highest BCUT2D eigenvalue weighted by atomic mass is 16.5. The Morgan fingerprint density at radius 2 is 1.81 bits per heavy atom. The number of amides is 1. The van der Waals surface area contributed by atoms with Gasteiger partial charge in [0.2, 0.25) is 5.91 Å². The van der Waals surface area contributed by atoms with Crippen LogP contribution in [0.25, 0.3) is 0 Å². The molecule has 0 spiro atoms. The van der Waals surface area contributed by atoms with Gasteiger partial charge >= 0.3 is 0 Å². The van der Waals surface area contributed by atoms with Gasteiger partial charge in [0.15, 0.2) is 0 Å². The molecule has 0 aliphatic carbocycles. The van der Waals surface area contributed by atoms with Crippen LogP contribution in [-0.2, 0) is 16.0 Å². The fraction of sp³-hybridized carbons (Fsp3) is 0.235. The van der Waals surface area contributed by atoms with Crippen LogP contribution < -0.4 is 10.6 Å². The smallest absolute Gasteiger partial charge is 0.250 e. The van der Waals surface area contributed by atoms with E-state index in [0.717, 1.165) is 24.3 Å². The largest absolute Gasteiger partial charge is 0.385 e. The number of anilines is 2. The van der Waals surface area contributed by atoms with E-state index in [9.17, 15) is 4.79 Å². The van der Waals surface area contributed by atoms with Crippen LogP contribution in [-0.4, -0.2) is 26.2 Å². The van der Waals surface area contributed by atoms with Crippen molar-refractivity contribution < 1.29 is 9.53 Å². The first kappa shape index (κ1) is 15.1. The van der Waals surface area contributed by atoms with Crippen LogP contribution in [0.4, 0.5) is 11.4 Å². The van der Waals surface area contributed by atoms with Gasteiger partial charge in [-0.25, -0.2) is 0 Å². The Bertz CT molecular complexity index is 570. The lowest BCUT2D eigenvalue weighted by atomic mass is 10.1. The van der Waals surface area contributed by atoms with Crippen molar-refractivity contribution in [3.63, 3.8) is 0 Å². The predicted octanol–water partition coefficient (Wildman–Crippen LogP) is 2.93. The Morgan fingerprint density at radius 3 is 2.57 bits per heavy atom. The Labute approximate surface area is 125 Å². The number of hydrogen-bond donors (Lipinski definition) is 2. The number of benzene rings is 2. The second-order valence-corrected chi connectivity index (χ2v) is 4.72. The fourth-order valence-electron chi connectivity index (χ4n) is 2.03. The quantitative estimate of drug-likeness (QED) is 0.822. The van der Waals surface area contributed by atoms with E-state index in [4.69, 9.17) is 4.74 Å². The monoisotopic (exact) mass is 284 g/mol. The lowest BCUT2D eigenvalue weighted by molar-refractivity contribution is -0.119. The topological polar surface area (TPSA) is 50.4 Å². The van der Waals surface area contributed by atoms with Crippen molar-refractivity contribution in [1.29, 1.82) is 0 Å². The Hall–Kier alpha value is -2.33. The van der Waals surface area contributed by atoms with Crippen LogP contribution in [0.3, 0.4) is 0 Å². The van der Waals surface area contributed by atoms with E-state index in [1.165, 1.54) is 12.7 Å². The number of rotatable bonds is 7. The summed E-state index contributed by atoms with van der Waals surface area (Å²) < 4.78 is 4.79. The van der Waals surface area contributed by atoms with Crippen molar-refractivity contribution >= 4 is 17.3 Å². The predicted molar refractivity (Wildman–Crippen MR) is 85.6 cm³/mol. The molecule has 110 valence electrons. The molecular formula is C17H20N2O2. The minimum Gasteiger partial charge on any atom is -0.385 e. The van der Waals surface area contributed by atoms with Gasteiger partial charge in [0.05, 0.1) is 0 Å². The number of nitrogens with one attached hydrogen (secondary N) is 2. The molecule has 4 nitrogen and oxygen atoms in total. The van der Waals surface area contributed by atoms with E-state index < -0.39 is 0 Å². The molecule has 4 heteroatoms. The average molecular weight is 284 g/mol. The molecule has 0 heterocycles. The molecule has 0 saturated heterocycles. The first-order valence-corrected chi connectivity index (χ1v) is 6.94. The van der Waals surface area contributed by atoms with Gasteiger partial charge in [-0.2, -0.15) is 0 Å². The molecule has 0 unspecified atom stereocenters. The molecule has 0 atom stereocenters. The van der Waals surface area contributed by atoms with Crippen LogP contribution in [0.15, 0.2) is 54.6 Å². The van der Waals surface area contributed by atoms with E-state index in [0.29, 0.717) is 0 Å². The minimum absolute atomic E-state index is 0.0612. The molecule has 0 aliphatic heterocycles. The first-order valence-electron chi connectivity index (χ1n) is 6.94. The zero-order valence-electron chi connectivity index (χ0n) is 12.1. The van der Waals surface area contributed by atoms with Gasteiger partial charge in [-0.15, -0.1) is 0 Å². The number of ether oxygens (including phenoxy) is 1. The first-order chi connectivity index (χ1) is 10.3. The highest BCUT2D eigenvalue weighted by Gasteiger charge is 2.02. The van der Waals surface area contributed by atoms with Gasteiger partial charge in [-0.1, -0.05) is 36.4 Å². The maximum atomic E-state index is 11.5. The molecule has 2 aromatic carbocycles. The zero-order valence-corrected chi connectivity index (χ0v) is 12.1. The molecule has 0 aliphatic rings. The van der Waals surface area contributed by atoms with Crippen LogP contribution in [0, 0.1) is 0 Å². The number of carbonyl (C=O) groups excluding carboxylic acids is 1. The Kier molecular flexibility index (Phi) is 5.79. The SMILES string of the molecule is COCC(=O)Nc1cccc(NCCc2ccccc2)c1. The van der Waals surface area contributed by atoms with Gasteiger partial charge in [0.25, 0.3) is 0 Å². The summed E-state index contributed by atoms with van der Waals surface area (Å²) in [6.45, 7) is 0.908. The zero-order chi connectivity index (χ0) is 14.9. The van der Waals surface area contributed by atoms with Crippen LogP contribution in [0.2, 0.25) is 0 Å². The third-order valence-electron chi connectivity index (χ3n) is 3.01. The lowest BCUT2D eigenvalue weighted by Gasteiger charge is -2.09. The van der Waals surface area contributed by atoms with Crippen LogP contribution in [0.5, 0.6) is 0 Å². The van der Waals surface area contributed by atoms with Crippen molar-refractivity contribution in [2.45, 2.75) is 6.42 Å². The van der Waals surface area contributed by atoms with Gasteiger partial charge in [-0.3, -0.25) is 4.79 Å². The van der Waals surface area contributed by atoms with E-state index in [1.54, 1.807) is 0 Å². The lowest BCUT2D eigenvalue weighted by Crippen LogP contribution is -2.17. The van der Waals surface area contributed by atoms with Crippen molar-refractivity contribution in [2.75, 3.05) is 30.9 Å². The summed E-state index contributed by atoms with van der Waals surface area (Å²) in [6, 6.07) is 18.0. The highest BCUT2D eigenvalue weighted by Crippen LogP contribution is 2.15. The number of hydrogen-bond acceptors (Lipinski definition) is 3. The third-order valence-corrected chi connectivity index (χ3v) is 3.01. The summed E-state index contributed by atoms with van der Waals surface area (Å²) in [5.74, 6) is -0.154. The third kappa shape index (κ3) is 5.28. The summed E-state index contributed by atoms with van der Waals surface area (Å²) in [5.41, 5.74) is 3.05. The molecule has 2 rings (SSSR count). The summed E-state index contributed by atoms with van der Waals surface area (Å²) >= 11 is 0. The fourth-order valence-corrected chi connectivity index (χ4v) is 2.03. The molecule has 1 amide bonds. The maximum absolute atomic E-state index is 11.5. The molecular weight excluding hydrogens is 264 g/mol. The van der Waals surface area contributed by atoms with Gasteiger partial charge in [-0.05, 0) is 30.2 Å². The van der Waals surface area contributed by atoms with Crippen LogP contribution in [0.1, 0.15) is 5.56 Å². The van der Waals surface area contributed by atoms with E-state index >= 15 is 0 Å². The summed E-state index contributed by atoms with van der Waals surface area (Å²) in [6.07, 6.45) is 0.959. The summed E-state index contributed by atoms with van der Waals surface area (Å²) in [5, 5.41) is 6.14. The summed E-state index contributed by atoms with van der Waals surface area (Å²) in [7, 11) is 1.50. The Balaban J connectivity index is 1.85. The molecule has 0 bridgehead atoms. The molecule has 0 radical (unpaired) electrons. The van der Waals surface area contributed by atoms with E-state index in [1.807, 2.05) is 42.5 Å². The summed E-state index contributed by atoms with van der Waals surface area (Å²) in [4.78, 5) is 11.5. The normalized spacial score (nSPS) is 10.1. The second-order valence-electron chi connectivity index (χ2n) is 4.72. The molecule has 0 fully saturated rings. The second kappa shape index (κ2) is 8.07. The standard InChI is InChI=1S/C17H20N2O2/c1-21-13-17(20)19-16-9-5-8-15(12-16)18-11-10-14-6-3-2-4-7-14/h2-9,12,18H,10-11,13H2,1H3,(H,19,20). The average Bonchev–Trinajstić information content (AvgIpc) is 2.49. The number of methoxy groups -OCH3 is 1. The minimum atomic E-state index is -0.154. The molecule has 0 aromatic heterocycles. The number of carbonyl (C=O) groups is 1. The molecule has 2 aromatic rings. The van der Waals surface area contributed by atoms with Gasteiger partial charge in [0, 0.05) is 25.0 Å². The van der Waals surface area contributed by atoms with Crippen LogP contribution >= 0.6 is 0 Å². The van der Waals surface area contributed by atoms with Crippen molar-refractivity contribution in [2.24, 2.45) is 0 Å². The maximum Gasteiger partial charge on any atom is 0.250 e. The molecule has 0 saturated carbocycles. The molecule has 21 heavy (non-hydrogen) atoms. The van der Waals surface area contributed by atoms with Crippen molar-refractivity contribution in [1.82, 2.24) is 0 Å².